The van der Waals surface area contributed by atoms with Gasteiger partial charge in [-0.2, -0.15) is 0 Å². The molecule has 1 fully saturated rings. The van der Waals surface area contributed by atoms with E-state index in [1.165, 1.54) is 18.2 Å². The van der Waals surface area contributed by atoms with Crippen LogP contribution in [-0.4, -0.2) is 81.6 Å². The lowest BCUT2D eigenvalue weighted by atomic mass is 9.59. The zero-order valence-corrected chi connectivity index (χ0v) is 21.1. The lowest BCUT2D eigenvalue weighted by Crippen LogP contribution is -2.58. The highest BCUT2D eigenvalue weighted by Gasteiger charge is 2.60. The Morgan fingerprint density at radius 3 is 2.55 bits per heavy atom. The van der Waals surface area contributed by atoms with Gasteiger partial charge in [-0.1, -0.05) is 6.07 Å². The number of rotatable bonds is 7. The fourth-order valence-corrected chi connectivity index (χ4v) is 5.56. The van der Waals surface area contributed by atoms with Crippen molar-refractivity contribution in [2.75, 3.05) is 27.2 Å². The van der Waals surface area contributed by atoms with Crippen molar-refractivity contribution < 1.29 is 44.3 Å². The van der Waals surface area contributed by atoms with E-state index in [0.29, 0.717) is 17.5 Å². The molecule has 1 aromatic carbocycles. The number of carbonyl (C=O) groups is 4. The number of hydrogen-bond donors (Lipinski definition) is 5. The van der Waals surface area contributed by atoms with Crippen molar-refractivity contribution in [2.45, 2.75) is 31.3 Å². The average Bonchev–Trinajstić information content (AvgIpc) is 2.83. The number of ether oxygens (including phenoxy) is 1. The van der Waals surface area contributed by atoms with Gasteiger partial charge in [0.25, 0.3) is 5.91 Å². The van der Waals surface area contributed by atoms with E-state index < -0.39 is 64.4 Å². The van der Waals surface area contributed by atoms with Crippen LogP contribution in [0.25, 0.3) is 11.8 Å². The molecule has 0 aliphatic heterocycles. The molecule has 3 aliphatic carbocycles. The summed E-state index contributed by atoms with van der Waals surface area (Å²) in [6.45, 7) is 1.00. The van der Waals surface area contributed by atoms with Gasteiger partial charge in [-0.15, -0.1) is 0 Å². The Balaban J connectivity index is 1.69. The molecule has 11 nitrogen and oxygen atoms in total. The van der Waals surface area contributed by atoms with E-state index in [1.54, 1.807) is 6.07 Å². The molecule has 38 heavy (non-hydrogen) atoms. The number of phenolic OH excluding ortho intramolecular Hbond substituents is 1. The third-order valence-corrected chi connectivity index (χ3v) is 7.38. The molecule has 1 aromatic rings. The van der Waals surface area contributed by atoms with Gasteiger partial charge in [0, 0.05) is 30.5 Å². The molecular weight excluding hydrogens is 496 g/mol. The molecule has 1 saturated carbocycles. The molecule has 0 bridgehead atoms. The Bertz CT molecular complexity index is 1320. The molecule has 4 rings (SSSR count). The Hall–Kier alpha value is -3.96. The molecule has 3 atom stereocenters. The monoisotopic (exact) mass is 526 g/mol. The number of benzene rings is 1. The van der Waals surface area contributed by atoms with Crippen molar-refractivity contribution in [3.63, 3.8) is 0 Å². The first kappa shape index (κ1) is 27.1. The van der Waals surface area contributed by atoms with Crippen LogP contribution in [-0.2, 0) is 30.3 Å². The summed E-state index contributed by atoms with van der Waals surface area (Å²) in [4.78, 5) is 51.8. The van der Waals surface area contributed by atoms with Gasteiger partial charge in [-0.3, -0.25) is 14.4 Å². The maximum absolute atomic E-state index is 13.5. The quantitative estimate of drug-likeness (QED) is 0.148. The molecule has 1 amide bonds. The van der Waals surface area contributed by atoms with Crippen LogP contribution in [0.2, 0.25) is 0 Å². The second kappa shape index (κ2) is 10.1. The number of amides is 1. The number of phenols is 1. The van der Waals surface area contributed by atoms with Crippen LogP contribution in [0.15, 0.2) is 35.1 Å². The summed E-state index contributed by atoms with van der Waals surface area (Å²) >= 11 is 0. The lowest BCUT2D eigenvalue weighted by Gasteiger charge is -2.46. The molecule has 6 N–H and O–H groups in total. The first-order valence-corrected chi connectivity index (χ1v) is 12.2. The van der Waals surface area contributed by atoms with E-state index >= 15 is 0 Å². The summed E-state index contributed by atoms with van der Waals surface area (Å²) in [5.41, 5.74) is 2.44. The molecule has 0 radical (unpaired) electrons. The molecule has 0 spiro atoms. The molecule has 3 unspecified atom stereocenters. The lowest BCUT2D eigenvalue weighted by molar-refractivity contribution is -0.147. The minimum Gasteiger partial charge on any atom is -0.508 e. The molecule has 11 heteroatoms. The van der Waals surface area contributed by atoms with Gasteiger partial charge < -0.3 is 35.8 Å². The molecule has 3 aliphatic rings. The number of aliphatic hydroxyl groups excluding tert-OH is 2. The maximum atomic E-state index is 13.5. The van der Waals surface area contributed by atoms with Gasteiger partial charge in [0.1, 0.15) is 22.8 Å². The van der Waals surface area contributed by atoms with Gasteiger partial charge in [0.15, 0.2) is 11.4 Å². The van der Waals surface area contributed by atoms with Crippen LogP contribution in [0.5, 0.6) is 5.75 Å². The predicted molar refractivity (Wildman–Crippen MR) is 135 cm³/mol. The second-order valence-electron chi connectivity index (χ2n) is 10.1. The summed E-state index contributed by atoms with van der Waals surface area (Å²) < 4.78 is 5.19. The average molecular weight is 527 g/mol. The Morgan fingerprint density at radius 2 is 1.89 bits per heavy atom. The summed E-state index contributed by atoms with van der Waals surface area (Å²) in [5, 5.41) is 43.5. The number of aromatic hydroxyl groups is 1. The van der Waals surface area contributed by atoms with Gasteiger partial charge in [0.2, 0.25) is 5.78 Å². The van der Waals surface area contributed by atoms with E-state index in [1.807, 2.05) is 19.0 Å². The summed E-state index contributed by atoms with van der Waals surface area (Å²) in [5.74, 6) is -7.43. The Kier molecular flexibility index (Phi) is 7.18. The second-order valence-corrected chi connectivity index (χ2v) is 10.1. The normalized spacial score (nSPS) is 24.9. The van der Waals surface area contributed by atoms with Crippen molar-refractivity contribution in [1.29, 1.82) is 0 Å². The fourth-order valence-electron chi connectivity index (χ4n) is 5.56. The van der Waals surface area contributed by atoms with Crippen LogP contribution < -0.4 is 5.73 Å². The zero-order chi connectivity index (χ0) is 27.9. The number of aliphatic hydroxyl groups is 3. The highest BCUT2D eigenvalue weighted by atomic mass is 16.5. The zero-order valence-electron chi connectivity index (χ0n) is 21.1. The minimum atomic E-state index is -2.61. The van der Waals surface area contributed by atoms with Crippen LogP contribution >= 0.6 is 0 Å². The van der Waals surface area contributed by atoms with Crippen molar-refractivity contribution in [2.24, 2.45) is 17.6 Å². The third kappa shape index (κ3) is 4.48. The van der Waals surface area contributed by atoms with Gasteiger partial charge in [0.05, 0.1) is 12.2 Å². The summed E-state index contributed by atoms with van der Waals surface area (Å²) in [6.07, 6.45) is 3.16. The number of ketones is 2. The number of fused-ring (bicyclic) bond motifs is 3. The predicted octanol–water partition coefficient (Wildman–Crippen LogP) is 0.932. The largest absolute Gasteiger partial charge is 0.508 e. The number of esters is 1. The minimum absolute atomic E-state index is 0.0235. The van der Waals surface area contributed by atoms with E-state index in [4.69, 9.17) is 10.5 Å². The Morgan fingerprint density at radius 1 is 1.18 bits per heavy atom. The van der Waals surface area contributed by atoms with Crippen LogP contribution in [0.3, 0.4) is 0 Å². The highest BCUT2D eigenvalue weighted by molar-refractivity contribution is 6.22. The summed E-state index contributed by atoms with van der Waals surface area (Å²) in [7, 11) is 3.82. The number of hydrogen-bond acceptors (Lipinski definition) is 10. The number of Topliss-reactive ketones (excluding diaryl/α,β-unsaturated/α-hetero) is 2. The topological polar surface area (TPSA) is 188 Å². The van der Waals surface area contributed by atoms with E-state index in [-0.39, 0.29) is 36.3 Å². The van der Waals surface area contributed by atoms with Crippen LogP contribution in [0, 0.1) is 11.8 Å². The van der Waals surface area contributed by atoms with Crippen molar-refractivity contribution in [3.05, 3.63) is 51.8 Å². The Labute approximate surface area is 218 Å². The molecule has 0 aromatic heterocycles. The fraction of sp³-hybridized carbons (Fsp3) is 0.407. The molecule has 202 valence electrons. The molecule has 0 saturated heterocycles. The summed E-state index contributed by atoms with van der Waals surface area (Å²) in [6, 6.07) is 2.85. The van der Waals surface area contributed by atoms with E-state index in [2.05, 4.69) is 0 Å². The smallest absolute Gasteiger partial charge is 0.330 e. The first-order valence-electron chi connectivity index (χ1n) is 12.2. The molecule has 0 heterocycles. The van der Waals surface area contributed by atoms with Crippen molar-refractivity contribution in [1.82, 2.24) is 4.90 Å². The third-order valence-electron chi connectivity index (χ3n) is 7.38. The van der Waals surface area contributed by atoms with E-state index in [0.717, 1.165) is 6.54 Å². The highest BCUT2D eigenvalue weighted by Crippen LogP contribution is 2.52. The number of nitrogens with zero attached hydrogens (tertiary/aromatic N) is 1. The van der Waals surface area contributed by atoms with Gasteiger partial charge in [-0.05, 0) is 62.5 Å². The number of primary amides is 1. The van der Waals surface area contributed by atoms with Gasteiger partial charge >= 0.3 is 5.97 Å². The van der Waals surface area contributed by atoms with Crippen LogP contribution in [0.4, 0.5) is 0 Å². The van der Waals surface area contributed by atoms with Crippen LogP contribution in [0.1, 0.15) is 36.0 Å². The van der Waals surface area contributed by atoms with E-state index in [9.17, 15) is 39.6 Å². The number of carbonyl (C=O) groups excluding carboxylic acids is 4. The van der Waals surface area contributed by atoms with Gasteiger partial charge in [-0.25, -0.2) is 4.79 Å². The standard InChI is InChI=1S/C27H30N2O9/c1-29(2)8-3-9-38-19(32)7-5-13-4-6-17(30)21-16(13)11-14-10-15-12-18(31)22(26(28)36)25(35)27(15,37)24(34)20(14)23(21)33/h4-7,14-15,30,33,35,37H,3,8-12H2,1-2H3,(H2,28,36)/b7-5+. The number of nitrogens with two attached hydrogens (primary N) is 1. The van der Waals surface area contributed by atoms with Crippen molar-refractivity contribution in [3.8, 4) is 5.75 Å². The maximum Gasteiger partial charge on any atom is 0.330 e. The van der Waals surface area contributed by atoms with Crippen molar-refractivity contribution >= 4 is 35.3 Å². The molecular formula is C27H30N2O9. The first-order chi connectivity index (χ1) is 17.9. The SMILES string of the molecule is CN(C)CCCOC(=O)/C=C/c1ccc(O)c2c1CC1CC3CC(=O)C(C(N)=O)=C(O)C3(O)C(=O)C1=C2O.